The van der Waals surface area contributed by atoms with E-state index < -0.39 is 0 Å². The lowest BCUT2D eigenvalue weighted by Gasteiger charge is -2.06. The van der Waals surface area contributed by atoms with Crippen LogP contribution in [0.2, 0.25) is 0 Å². The van der Waals surface area contributed by atoms with E-state index in [4.69, 9.17) is 9.57 Å². The van der Waals surface area contributed by atoms with Crippen LogP contribution >= 0.6 is 11.3 Å². The highest BCUT2D eigenvalue weighted by Gasteiger charge is 2.07. The van der Waals surface area contributed by atoms with Crippen molar-refractivity contribution in [2.45, 2.75) is 6.42 Å². The predicted octanol–water partition coefficient (Wildman–Crippen LogP) is 2.56. The molecule has 0 saturated carbocycles. The van der Waals surface area contributed by atoms with Gasteiger partial charge < -0.3 is 14.7 Å². The maximum absolute atomic E-state index is 11.2. The summed E-state index contributed by atoms with van der Waals surface area (Å²) in [7, 11) is 0. The Hall–Kier alpha value is -3.13. The molecule has 0 saturated heterocycles. The molecule has 0 aliphatic heterocycles. The molecule has 3 rings (SSSR count). The van der Waals surface area contributed by atoms with Crippen molar-refractivity contribution in [1.29, 1.82) is 0 Å². The first-order chi connectivity index (χ1) is 12.7. The normalized spacial score (nSPS) is 10.9. The highest BCUT2D eigenvalue weighted by atomic mass is 32.1. The second-order valence-electron chi connectivity index (χ2n) is 5.30. The standard InChI is InChI=1S/C18H17N3O4S/c22-17-16(26-18(23)21-17)11-13-1-3-15(4-2-13)24-9-10-25-20-12-14-5-7-19-8-6-14/h1-8,12,22H,9-11H2,(H,21,23). The van der Waals surface area contributed by atoms with Gasteiger partial charge in [-0.25, -0.2) is 0 Å². The lowest BCUT2D eigenvalue weighted by Crippen LogP contribution is -2.04. The number of hydrogen-bond acceptors (Lipinski definition) is 7. The number of oxime groups is 1. The molecule has 0 aliphatic carbocycles. The van der Waals surface area contributed by atoms with E-state index >= 15 is 0 Å². The Bertz CT molecular complexity index is 904. The number of benzene rings is 1. The van der Waals surface area contributed by atoms with Crippen molar-refractivity contribution in [2.75, 3.05) is 13.2 Å². The Balaban J connectivity index is 1.41. The molecule has 2 N–H and O–H groups in total. The van der Waals surface area contributed by atoms with Gasteiger partial charge in [0.25, 0.3) is 0 Å². The lowest BCUT2D eigenvalue weighted by molar-refractivity contribution is 0.108. The van der Waals surface area contributed by atoms with Gasteiger partial charge in [0.1, 0.15) is 12.4 Å². The molecule has 0 atom stereocenters. The highest BCUT2D eigenvalue weighted by Crippen LogP contribution is 2.21. The zero-order valence-corrected chi connectivity index (χ0v) is 14.6. The Kier molecular flexibility index (Phi) is 6.00. The van der Waals surface area contributed by atoms with E-state index in [2.05, 4.69) is 15.1 Å². The van der Waals surface area contributed by atoms with Crippen LogP contribution in [-0.4, -0.2) is 34.5 Å². The monoisotopic (exact) mass is 371 g/mol. The zero-order chi connectivity index (χ0) is 18.2. The summed E-state index contributed by atoms with van der Waals surface area (Å²) in [6, 6.07) is 11.1. The number of H-pyrrole nitrogens is 1. The van der Waals surface area contributed by atoms with E-state index in [0.29, 0.717) is 30.3 Å². The van der Waals surface area contributed by atoms with Crippen LogP contribution in [0.1, 0.15) is 16.0 Å². The molecule has 0 amide bonds. The molecule has 0 unspecified atom stereocenters. The molecule has 0 radical (unpaired) electrons. The number of nitrogens with zero attached hydrogens (tertiary/aromatic N) is 2. The van der Waals surface area contributed by atoms with Crippen LogP contribution in [0.25, 0.3) is 0 Å². The summed E-state index contributed by atoms with van der Waals surface area (Å²) in [5, 5.41) is 13.5. The van der Waals surface area contributed by atoms with Gasteiger partial charge in [-0.2, -0.15) is 0 Å². The largest absolute Gasteiger partial charge is 0.494 e. The first kappa shape index (κ1) is 17.7. The maximum Gasteiger partial charge on any atom is 0.307 e. The summed E-state index contributed by atoms with van der Waals surface area (Å²) >= 11 is 1.01. The fourth-order valence-electron chi connectivity index (χ4n) is 2.16. The quantitative estimate of drug-likeness (QED) is 0.360. The summed E-state index contributed by atoms with van der Waals surface area (Å²) < 4.78 is 5.58. The van der Waals surface area contributed by atoms with Crippen LogP contribution in [0, 0.1) is 0 Å². The van der Waals surface area contributed by atoms with Crippen LogP contribution in [-0.2, 0) is 11.3 Å². The fraction of sp³-hybridized carbons (Fsp3) is 0.167. The van der Waals surface area contributed by atoms with E-state index in [1.807, 2.05) is 36.4 Å². The molecular formula is C18H17N3O4S. The number of thiazole rings is 1. The molecule has 0 aliphatic rings. The molecule has 134 valence electrons. The molecule has 7 nitrogen and oxygen atoms in total. The van der Waals surface area contributed by atoms with Crippen LogP contribution < -0.4 is 9.61 Å². The summed E-state index contributed by atoms with van der Waals surface area (Å²) in [4.78, 5) is 23.0. The molecule has 2 aromatic heterocycles. The number of aromatic nitrogens is 2. The second kappa shape index (κ2) is 8.82. The number of aromatic hydroxyl groups is 1. The van der Waals surface area contributed by atoms with Gasteiger partial charge in [0.15, 0.2) is 6.61 Å². The third-order valence-electron chi connectivity index (χ3n) is 3.41. The molecular weight excluding hydrogens is 354 g/mol. The molecule has 0 bridgehead atoms. The first-order valence-corrected chi connectivity index (χ1v) is 8.70. The average Bonchev–Trinajstić information content (AvgIpc) is 2.97. The van der Waals surface area contributed by atoms with Crippen LogP contribution in [0.3, 0.4) is 0 Å². The summed E-state index contributed by atoms with van der Waals surface area (Å²) in [6.07, 6.45) is 5.47. The van der Waals surface area contributed by atoms with E-state index in [-0.39, 0.29) is 10.8 Å². The lowest BCUT2D eigenvalue weighted by atomic mass is 10.1. The Morgan fingerprint density at radius 3 is 2.62 bits per heavy atom. The molecule has 1 aromatic carbocycles. The summed E-state index contributed by atoms with van der Waals surface area (Å²) in [6.45, 7) is 0.696. The second-order valence-corrected chi connectivity index (χ2v) is 6.37. The van der Waals surface area contributed by atoms with Gasteiger partial charge in [-0.05, 0) is 35.4 Å². The van der Waals surface area contributed by atoms with E-state index in [9.17, 15) is 9.90 Å². The molecule has 0 fully saturated rings. The van der Waals surface area contributed by atoms with Gasteiger partial charge in [-0.1, -0.05) is 28.6 Å². The predicted molar refractivity (Wildman–Crippen MR) is 99.1 cm³/mol. The zero-order valence-electron chi connectivity index (χ0n) is 13.8. The van der Waals surface area contributed by atoms with Crippen LogP contribution in [0.5, 0.6) is 11.6 Å². The highest BCUT2D eigenvalue weighted by molar-refractivity contribution is 7.09. The third kappa shape index (κ3) is 5.18. The minimum absolute atomic E-state index is 0.0650. The Labute approximate surface area is 153 Å². The average molecular weight is 371 g/mol. The summed E-state index contributed by atoms with van der Waals surface area (Å²) in [5.74, 6) is 0.645. The Morgan fingerprint density at radius 1 is 1.15 bits per heavy atom. The van der Waals surface area contributed by atoms with Crippen molar-refractivity contribution in [3.8, 4) is 11.6 Å². The van der Waals surface area contributed by atoms with Gasteiger partial charge in [0, 0.05) is 18.8 Å². The number of ether oxygens (including phenoxy) is 1. The van der Waals surface area contributed by atoms with Gasteiger partial charge in [0.05, 0.1) is 11.1 Å². The SMILES string of the molecule is O=c1[nH]c(O)c(Cc2ccc(OCCON=Cc3ccncc3)cc2)s1. The maximum atomic E-state index is 11.2. The van der Waals surface area contributed by atoms with E-state index in [0.717, 1.165) is 22.5 Å². The third-order valence-corrected chi connectivity index (χ3v) is 4.29. The van der Waals surface area contributed by atoms with Crippen molar-refractivity contribution in [1.82, 2.24) is 9.97 Å². The number of pyridine rings is 1. The van der Waals surface area contributed by atoms with Crippen LogP contribution in [0.15, 0.2) is 58.7 Å². The van der Waals surface area contributed by atoms with Crippen molar-refractivity contribution < 1.29 is 14.7 Å². The number of rotatable bonds is 8. The van der Waals surface area contributed by atoms with Gasteiger partial charge in [-0.15, -0.1) is 0 Å². The van der Waals surface area contributed by atoms with Gasteiger partial charge in [0.2, 0.25) is 5.88 Å². The molecule has 0 spiro atoms. The topological polar surface area (TPSA) is 96.8 Å². The number of nitrogens with one attached hydrogen (secondary N) is 1. The van der Waals surface area contributed by atoms with E-state index in [1.165, 1.54) is 0 Å². The van der Waals surface area contributed by atoms with Crippen molar-refractivity contribution in [2.24, 2.45) is 5.16 Å². The van der Waals surface area contributed by atoms with Crippen molar-refractivity contribution in [3.05, 3.63) is 74.5 Å². The van der Waals surface area contributed by atoms with Gasteiger partial charge in [-0.3, -0.25) is 14.8 Å². The number of aromatic amines is 1. The van der Waals surface area contributed by atoms with E-state index in [1.54, 1.807) is 18.6 Å². The fourth-order valence-corrected chi connectivity index (χ4v) is 2.92. The van der Waals surface area contributed by atoms with Gasteiger partial charge >= 0.3 is 4.87 Å². The van der Waals surface area contributed by atoms with Crippen LogP contribution in [0.4, 0.5) is 0 Å². The molecule has 26 heavy (non-hydrogen) atoms. The molecule has 2 heterocycles. The smallest absolute Gasteiger partial charge is 0.307 e. The number of hydrogen-bond donors (Lipinski definition) is 2. The van der Waals surface area contributed by atoms with Crippen molar-refractivity contribution >= 4 is 17.6 Å². The minimum Gasteiger partial charge on any atom is -0.494 e. The summed E-state index contributed by atoms with van der Waals surface area (Å²) in [5.41, 5.74) is 1.89. The molecule has 3 aromatic rings. The minimum atomic E-state index is -0.260. The van der Waals surface area contributed by atoms with Crippen molar-refractivity contribution in [3.63, 3.8) is 0 Å². The Morgan fingerprint density at radius 2 is 1.92 bits per heavy atom. The molecule has 8 heteroatoms. The first-order valence-electron chi connectivity index (χ1n) is 7.89.